The van der Waals surface area contributed by atoms with Crippen molar-refractivity contribution in [2.45, 2.75) is 33.1 Å². The van der Waals surface area contributed by atoms with Crippen molar-refractivity contribution in [1.29, 1.82) is 0 Å². The first-order valence-corrected chi connectivity index (χ1v) is 8.03. The van der Waals surface area contributed by atoms with Crippen LogP contribution in [0, 0.1) is 11.8 Å². The van der Waals surface area contributed by atoms with Crippen LogP contribution in [0.2, 0.25) is 5.02 Å². The van der Waals surface area contributed by atoms with Gasteiger partial charge in [-0.25, -0.2) is 0 Å². The van der Waals surface area contributed by atoms with E-state index in [0.29, 0.717) is 5.92 Å². The SMILES string of the molecule is CCC(CC)C(CNCCOC)Cc1ccc(Cl)cc1. The monoisotopic (exact) mass is 297 g/mol. The van der Waals surface area contributed by atoms with Crippen LogP contribution in [0.5, 0.6) is 0 Å². The fraction of sp³-hybridized carbons (Fsp3) is 0.647. The molecular weight excluding hydrogens is 270 g/mol. The number of halogens is 1. The summed E-state index contributed by atoms with van der Waals surface area (Å²) >= 11 is 5.96. The number of rotatable bonds is 10. The molecule has 0 radical (unpaired) electrons. The van der Waals surface area contributed by atoms with Crippen LogP contribution in [-0.2, 0) is 11.2 Å². The summed E-state index contributed by atoms with van der Waals surface area (Å²) in [5, 5.41) is 4.33. The lowest BCUT2D eigenvalue weighted by molar-refractivity contribution is 0.194. The third-order valence-corrected chi connectivity index (χ3v) is 4.27. The molecule has 0 aliphatic carbocycles. The lowest BCUT2D eigenvalue weighted by atomic mass is 9.83. The molecule has 0 heterocycles. The highest BCUT2D eigenvalue weighted by molar-refractivity contribution is 6.30. The van der Waals surface area contributed by atoms with Crippen LogP contribution in [0.25, 0.3) is 0 Å². The van der Waals surface area contributed by atoms with Gasteiger partial charge in [0.05, 0.1) is 6.61 Å². The van der Waals surface area contributed by atoms with E-state index in [2.05, 4.69) is 31.3 Å². The second kappa shape index (κ2) is 10.2. The van der Waals surface area contributed by atoms with Gasteiger partial charge in [0.2, 0.25) is 0 Å². The first kappa shape index (κ1) is 17.5. The molecule has 1 unspecified atom stereocenters. The summed E-state index contributed by atoms with van der Waals surface area (Å²) < 4.78 is 5.09. The van der Waals surface area contributed by atoms with Gasteiger partial charge >= 0.3 is 0 Å². The molecule has 0 aliphatic heterocycles. The van der Waals surface area contributed by atoms with Crippen LogP contribution in [0.1, 0.15) is 32.3 Å². The van der Waals surface area contributed by atoms with E-state index in [4.69, 9.17) is 16.3 Å². The Morgan fingerprint density at radius 2 is 1.75 bits per heavy atom. The maximum Gasteiger partial charge on any atom is 0.0587 e. The van der Waals surface area contributed by atoms with Gasteiger partial charge in [0, 0.05) is 18.7 Å². The van der Waals surface area contributed by atoms with Crippen LogP contribution < -0.4 is 5.32 Å². The summed E-state index contributed by atoms with van der Waals surface area (Å²) in [5.41, 5.74) is 1.37. The fourth-order valence-corrected chi connectivity index (χ4v) is 2.87. The molecule has 0 bridgehead atoms. The molecule has 0 aromatic heterocycles. The van der Waals surface area contributed by atoms with E-state index in [1.807, 2.05) is 12.1 Å². The molecule has 0 amide bonds. The number of hydrogen-bond donors (Lipinski definition) is 1. The molecule has 0 saturated heterocycles. The number of ether oxygens (including phenoxy) is 1. The Hall–Kier alpha value is -0.570. The minimum atomic E-state index is 0.669. The van der Waals surface area contributed by atoms with Crippen LogP contribution in [-0.4, -0.2) is 26.8 Å². The molecule has 3 heteroatoms. The molecular formula is C17H28ClNO. The largest absolute Gasteiger partial charge is 0.383 e. The van der Waals surface area contributed by atoms with Crippen LogP contribution in [0.15, 0.2) is 24.3 Å². The van der Waals surface area contributed by atoms with Gasteiger partial charge in [0.1, 0.15) is 0 Å². The van der Waals surface area contributed by atoms with E-state index in [1.165, 1.54) is 18.4 Å². The Balaban J connectivity index is 2.58. The predicted octanol–water partition coefficient (Wildman–Crippen LogP) is 4.17. The highest BCUT2D eigenvalue weighted by Crippen LogP contribution is 2.24. The normalized spacial score (nSPS) is 12.8. The lowest BCUT2D eigenvalue weighted by Crippen LogP contribution is -2.31. The Kier molecular flexibility index (Phi) is 8.92. The van der Waals surface area contributed by atoms with Gasteiger partial charge in [-0.3, -0.25) is 0 Å². The minimum Gasteiger partial charge on any atom is -0.383 e. The number of hydrogen-bond acceptors (Lipinski definition) is 2. The quantitative estimate of drug-likeness (QED) is 0.654. The molecule has 20 heavy (non-hydrogen) atoms. The van der Waals surface area contributed by atoms with Crippen molar-refractivity contribution in [1.82, 2.24) is 5.32 Å². The zero-order chi connectivity index (χ0) is 14.8. The van der Waals surface area contributed by atoms with Crippen molar-refractivity contribution in [3.8, 4) is 0 Å². The maximum atomic E-state index is 5.96. The Morgan fingerprint density at radius 3 is 2.30 bits per heavy atom. The molecule has 1 atom stereocenters. The van der Waals surface area contributed by atoms with Crippen molar-refractivity contribution in [3.63, 3.8) is 0 Å². The fourth-order valence-electron chi connectivity index (χ4n) is 2.75. The zero-order valence-electron chi connectivity index (χ0n) is 13.0. The van der Waals surface area contributed by atoms with Gasteiger partial charge in [0.25, 0.3) is 0 Å². The Morgan fingerprint density at radius 1 is 1.10 bits per heavy atom. The van der Waals surface area contributed by atoms with Gasteiger partial charge in [-0.1, -0.05) is 50.4 Å². The average Bonchev–Trinajstić information content (AvgIpc) is 2.46. The van der Waals surface area contributed by atoms with E-state index in [1.54, 1.807) is 7.11 Å². The first-order chi connectivity index (χ1) is 9.71. The number of methoxy groups -OCH3 is 1. The van der Waals surface area contributed by atoms with E-state index in [9.17, 15) is 0 Å². The van der Waals surface area contributed by atoms with E-state index < -0.39 is 0 Å². The first-order valence-electron chi connectivity index (χ1n) is 7.65. The van der Waals surface area contributed by atoms with E-state index >= 15 is 0 Å². The summed E-state index contributed by atoms with van der Waals surface area (Å²) in [7, 11) is 1.74. The van der Waals surface area contributed by atoms with Crippen LogP contribution >= 0.6 is 11.6 Å². The standard InChI is InChI=1S/C17H28ClNO/c1-4-15(5-2)16(13-19-10-11-20-3)12-14-6-8-17(18)9-7-14/h6-9,15-16,19H,4-5,10-13H2,1-3H3. The number of benzene rings is 1. The molecule has 0 saturated carbocycles. The highest BCUT2D eigenvalue weighted by Gasteiger charge is 2.18. The Labute approximate surface area is 128 Å². The van der Waals surface area contributed by atoms with Crippen molar-refractivity contribution in [2.24, 2.45) is 11.8 Å². The van der Waals surface area contributed by atoms with Crippen molar-refractivity contribution >= 4 is 11.6 Å². The summed E-state index contributed by atoms with van der Waals surface area (Å²) in [6, 6.07) is 8.26. The molecule has 1 aromatic carbocycles. The van der Waals surface area contributed by atoms with E-state index in [-0.39, 0.29) is 0 Å². The molecule has 1 rings (SSSR count). The summed E-state index contributed by atoms with van der Waals surface area (Å²) in [6.45, 7) is 7.33. The average molecular weight is 298 g/mol. The predicted molar refractivity (Wildman–Crippen MR) is 87.5 cm³/mol. The van der Waals surface area contributed by atoms with Gasteiger partial charge in [-0.2, -0.15) is 0 Å². The van der Waals surface area contributed by atoms with Gasteiger partial charge in [-0.15, -0.1) is 0 Å². The molecule has 0 spiro atoms. The molecule has 1 N–H and O–H groups in total. The summed E-state index contributed by atoms with van der Waals surface area (Å²) in [6.07, 6.45) is 3.59. The zero-order valence-corrected chi connectivity index (χ0v) is 13.7. The Bertz CT molecular complexity index is 349. The smallest absolute Gasteiger partial charge is 0.0587 e. The van der Waals surface area contributed by atoms with Crippen molar-refractivity contribution < 1.29 is 4.74 Å². The number of nitrogens with one attached hydrogen (secondary N) is 1. The molecule has 0 fully saturated rings. The summed E-state index contributed by atoms with van der Waals surface area (Å²) in [5.74, 6) is 1.43. The minimum absolute atomic E-state index is 0.669. The molecule has 1 aromatic rings. The van der Waals surface area contributed by atoms with E-state index in [0.717, 1.165) is 37.1 Å². The van der Waals surface area contributed by atoms with Crippen LogP contribution in [0.4, 0.5) is 0 Å². The van der Waals surface area contributed by atoms with Gasteiger partial charge in [-0.05, 0) is 42.5 Å². The molecule has 0 aliphatic rings. The second-order valence-electron chi connectivity index (χ2n) is 5.36. The summed E-state index contributed by atoms with van der Waals surface area (Å²) in [4.78, 5) is 0. The third-order valence-electron chi connectivity index (χ3n) is 4.02. The lowest BCUT2D eigenvalue weighted by Gasteiger charge is -2.26. The molecule has 114 valence electrons. The molecule has 2 nitrogen and oxygen atoms in total. The highest BCUT2D eigenvalue weighted by atomic mass is 35.5. The second-order valence-corrected chi connectivity index (χ2v) is 5.80. The maximum absolute atomic E-state index is 5.96. The van der Waals surface area contributed by atoms with Crippen LogP contribution in [0.3, 0.4) is 0 Å². The van der Waals surface area contributed by atoms with Gasteiger partial charge in [0.15, 0.2) is 0 Å². The van der Waals surface area contributed by atoms with Crippen molar-refractivity contribution in [2.75, 3.05) is 26.8 Å². The van der Waals surface area contributed by atoms with Crippen molar-refractivity contribution in [3.05, 3.63) is 34.9 Å². The topological polar surface area (TPSA) is 21.3 Å². The van der Waals surface area contributed by atoms with Gasteiger partial charge < -0.3 is 10.1 Å². The third kappa shape index (κ3) is 6.25.